The number of carbonyl (C=O) groups excluding carboxylic acids is 1. The largest absolute Gasteiger partial charge is 0.379 e. The van der Waals surface area contributed by atoms with Gasteiger partial charge in [0.15, 0.2) is 10.6 Å². The summed E-state index contributed by atoms with van der Waals surface area (Å²) in [5, 5.41) is 12.0. The van der Waals surface area contributed by atoms with Gasteiger partial charge < -0.3 is 10.1 Å². The van der Waals surface area contributed by atoms with Gasteiger partial charge in [-0.05, 0) is 36.0 Å². The van der Waals surface area contributed by atoms with Gasteiger partial charge >= 0.3 is 0 Å². The Morgan fingerprint density at radius 1 is 1.54 bits per heavy atom. The summed E-state index contributed by atoms with van der Waals surface area (Å²) < 4.78 is 7.66. The monoisotopic (exact) mass is 368 g/mol. The molecule has 24 heavy (non-hydrogen) atoms. The molecule has 0 radical (unpaired) electrons. The molecule has 0 unspecified atom stereocenters. The minimum absolute atomic E-state index is 0.0562. The van der Waals surface area contributed by atoms with Crippen LogP contribution >= 0.6 is 23.6 Å². The van der Waals surface area contributed by atoms with Gasteiger partial charge in [-0.1, -0.05) is 26.8 Å². The van der Waals surface area contributed by atoms with Crippen molar-refractivity contribution < 1.29 is 9.53 Å². The van der Waals surface area contributed by atoms with Crippen LogP contribution in [0.25, 0.3) is 10.7 Å². The molecule has 1 amide bonds. The van der Waals surface area contributed by atoms with Crippen molar-refractivity contribution in [1.29, 1.82) is 0 Å². The number of rotatable bonds is 6. The van der Waals surface area contributed by atoms with Crippen molar-refractivity contribution in [3.05, 3.63) is 22.3 Å². The number of hydrogen-bond acceptors (Lipinski definition) is 5. The number of hydrogen-bond donors (Lipinski definition) is 2. The Morgan fingerprint density at radius 2 is 2.25 bits per heavy atom. The van der Waals surface area contributed by atoms with Crippen LogP contribution in [0.5, 0.6) is 0 Å². The molecule has 0 aromatic carbocycles. The summed E-state index contributed by atoms with van der Waals surface area (Å²) in [4.78, 5) is 13.6. The molecule has 2 N–H and O–H groups in total. The first-order chi connectivity index (χ1) is 11.3. The number of carbonyl (C=O) groups is 1. The van der Waals surface area contributed by atoms with Gasteiger partial charge in [0, 0.05) is 13.7 Å². The second-order valence-corrected chi connectivity index (χ2v) is 8.05. The molecule has 132 valence electrons. The number of aromatic amines is 1. The molecule has 0 saturated heterocycles. The highest BCUT2D eigenvalue weighted by atomic mass is 32.1. The number of aromatic nitrogens is 3. The maximum absolute atomic E-state index is 12.6. The zero-order chi connectivity index (χ0) is 17.9. The molecule has 0 aliphatic rings. The molecule has 0 aliphatic carbocycles. The van der Waals surface area contributed by atoms with Crippen LogP contribution in [0.1, 0.15) is 33.7 Å². The van der Waals surface area contributed by atoms with Crippen LogP contribution in [-0.2, 0) is 9.53 Å². The van der Waals surface area contributed by atoms with Crippen LogP contribution in [0.3, 0.4) is 0 Å². The summed E-state index contributed by atoms with van der Waals surface area (Å²) in [5.41, 5.74) is -0.0562. The molecule has 2 aromatic rings. The quantitative estimate of drug-likeness (QED) is 0.767. The highest BCUT2D eigenvalue weighted by molar-refractivity contribution is 7.71. The first-order valence-electron chi connectivity index (χ1n) is 7.77. The van der Waals surface area contributed by atoms with Gasteiger partial charge in [-0.25, -0.2) is 0 Å². The molecule has 0 saturated carbocycles. The van der Waals surface area contributed by atoms with Gasteiger partial charge in [-0.2, -0.15) is 5.10 Å². The second-order valence-electron chi connectivity index (χ2n) is 6.71. The minimum Gasteiger partial charge on any atom is -0.379 e. The number of nitrogens with zero attached hydrogens (tertiary/aromatic N) is 2. The van der Waals surface area contributed by atoms with E-state index in [0.717, 1.165) is 4.88 Å². The lowest BCUT2D eigenvalue weighted by Crippen LogP contribution is -2.42. The zero-order valence-corrected chi connectivity index (χ0v) is 16.3. The summed E-state index contributed by atoms with van der Waals surface area (Å²) in [6.45, 7) is 8.51. The highest BCUT2D eigenvalue weighted by Gasteiger charge is 2.27. The summed E-state index contributed by atoms with van der Waals surface area (Å²) in [5.74, 6) is 0.563. The molecular weight excluding hydrogens is 344 g/mol. The van der Waals surface area contributed by atoms with Crippen LogP contribution in [0.2, 0.25) is 0 Å². The van der Waals surface area contributed by atoms with Gasteiger partial charge in [0.25, 0.3) is 0 Å². The third-order valence-electron chi connectivity index (χ3n) is 3.92. The molecule has 8 heteroatoms. The Labute approximate surface area is 151 Å². The maximum atomic E-state index is 12.6. The topological polar surface area (TPSA) is 71.9 Å². The molecule has 2 rings (SSSR count). The smallest absolute Gasteiger partial charge is 0.243 e. The van der Waals surface area contributed by atoms with Crippen molar-refractivity contribution in [1.82, 2.24) is 20.1 Å². The first kappa shape index (κ1) is 18.8. The zero-order valence-electron chi connectivity index (χ0n) is 14.6. The van der Waals surface area contributed by atoms with E-state index in [0.29, 0.717) is 17.1 Å². The van der Waals surface area contributed by atoms with Gasteiger partial charge in [0.05, 0.1) is 11.0 Å². The molecular formula is C16H24N4O2S2. The molecule has 0 spiro atoms. The standard InChI is InChI=1S/C16H24N4O2S2/c1-10(14(21)17-9-12(22-5)16(2,3)4)20-13(18-19-15(20)23)11-7-6-8-24-11/h6-8,10,12H,9H2,1-5H3,(H,17,21)(H,19,23)/t10-,12-/m0/s1. The minimum atomic E-state index is -0.467. The molecule has 0 fully saturated rings. The number of methoxy groups -OCH3 is 1. The van der Waals surface area contributed by atoms with E-state index in [1.807, 2.05) is 24.4 Å². The number of nitrogens with one attached hydrogen (secondary N) is 2. The van der Waals surface area contributed by atoms with E-state index < -0.39 is 6.04 Å². The summed E-state index contributed by atoms with van der Waals surface area (Å²) in [7, 11) is 1.66. The van der Waals surface area contributed by atoms with E-state index in [2.05, 4.69) is 36.3 Å². The fraction of sp³-hybridized carbons (Fsp3) is 0.562. The maximum Gasteiger partial charge on any atom is 0.243 e. The number of thiophene rings is 1. The summed E-state index contributed by atoms with van der Waals surface area (Å²) >= 11 is 6.86. The normalized spacial score (nSPS) is 14.4. The van der Waals surface area contributed by atoms with Gasteiger partial charge in [0.1, 0.15) is 6.04 Å². The van der Waals surface area contributed by atoms with Crippen LogP contribution in [-0.4, -0.2) is 40.4 Å². The SMILES string of the molecule is CO[C@@H](CNC(=O)[C@H](C)n1c(-c2cccs2)n[nH]c1=S)C(C)(C)C. The van der Waals surface area contributed by atoms with Crippen molar-refractivity contribution >= 4 is 29.5 Å². The van der Waals surface area contributed by atoms with Crippen LogP contribution in [0.4, 0.5) is 0 Å². The molecule has 2 atom stereocenters. The molecule has 6 nitrogen and oxygen atoms in total. The lowest BCUT2D eigenvalue weighted by atomic mass is 9.89. The van der Waals surface area contributed by atoms with Crippen molar-refractivity contribution in [2.24, 2.45) is 5.41 Å². The Hall–Kier alpha value is -1.51. The first-order valence-corrected chi connectivity index (χ1v) is 9.05. The van der Waals surface area contributed by atoms with E-state index in [1.54, 1.807) is 23.0 Å². The average Bonchev–Trinajstić information content (AvgIpc) is 3.14. The van der Waals surface area contributed by atoms with E-state index in [9.17, 15) is 4.79 Å². The summed E-state index contributed by atoms with van der Waals surface area (Å²) in [6.07, 6.45) is -0.0669. The predicted octanol–water partition coefficient (Wildman–Crippen LogP) is 3.41. The lowest BCUT2D eigenvalue weighted by molar-refractivity contribution is -0.124. The fourth-order valence-electron chi connectivity index (χ4n) is 2.44. The predicted molar refractivity (Wildman–Crippen MR) is 98.7 cm³/mol. The van der Waals surface area contributed by atoms with Gasteiger partial charge in [-0.3, -0.25) is 14.5 Å². The van der Waals surface area contributed by atoms with E-state index in [-0.39, 0.29) is 17.4 Å². The van der Waals surface area contributed by atoms with E-state index >= 15 is 0 Å². The van der Waals surface area contributed by atoms with E-state index in [1.165, 1.54) is 0 Å². The Morgan fingerprint density at radius 3 is 2.79 bits per heavy atom. The number of H-pyrrole nitrogens is 1. The lowest BCUT2D eigenvalue weighted by Gasteiger charge is -2.30. The van der Waals surface area contributed by atoms with Gasteiger partial charge in [-0.15, -0.1) is 11.3 Å². The molecule has 2 heterocycles. The second kappa shape index (κ2) is 7.58. The van der Waals surface area contributed by atoms with Crippen LogP contribution in [0, 0.1) is 10.2 Å². The highest BCUT2D eigenvalue weighted by Crippen LogP contribution is 2.26. The third-order valence-corrected chi connectivity index (χ3v) is 5.08. The van der Waals surface area contributed by atoms with Crippen molar-refractivity contribution in [2.45, 2.75) is 39.8 Å². The van der Waals surface area contributed by atoms with E-state index in [4.69, 9.17) is 17.0 Å². The Bertz CT molecular complexity index is 728. The molecule has 0 aliphatic heterocycles. The van der Waals surface area contributed by atoms with Crippen molar-refractivity contribution in [2.75, 3.05) is 13.7 Å². The van der Waals surface area contributed by atoms with Crippen molar-refractivity contribution in [3.8, 4) is 10.7 Å². The average molecular weight is 369 g/mol. The molecule has 2 aromatic heterocycles. The summed E-state index contributed by atoms with van der Waals surface area (Å²) in [6, 6.07) is 3.43. The Balaban J connectivity index is 2.15. The number of amides is 1. The van der Waals surface area contributed by atoms with Gasteiger partial charge in [0.2, 0.25) is 5.91 Å². The third kappa shape index (κ3) is 4.12. The number of ether oxygens (including phenoxy) is 1. The fourth-order valence-corrected chi connectivity index (χ4v) is 3.45. The molecule has 0 bridgehead atoms. The Kier molecular flexibility index (Phi) is 5.95. The van der Waals surface area contributed by atoms with Crippen molar-refractivity contribution in [3.63, 3.8) is 0 Å². The van der Waals surface area contributed by atoms with Crippen LogP contribution < -0.4 is 5.32 Å². The van der Waals surface area contributed by atoms with Crippen LogP contribution in [0.15, 0.2) is 17.5 Å².